The number of aromatic amines is 1. The molecule has 5 heteroatoms. The van der Waals surface area contributed by atoms with E-state index < -0.39 is 6.10 Å². The van der Waals surface area contributed by atoms with E-state index in [-0.39, 0.29) is 11.7 Å². The van der Waals surface area contributed by atoms with Crippen LogP contribution in [0.5, 0.6) is 0 Å². The summed E-state index contributed by atoms with van der Waals surface area (Å²) in [6, 6.07) is 12.5. The van der Waals surface area contributed by atoms with Crippen molar-refractivity contribution in [3.05, 3.63) is 59.4 Å². The lowest BCUT2D eigenvalue weighted by molar-refractivity contribution is -0.131. The van der Waals surface area contributed by atoms with Crippen molar-refractivity contribution in [2.75, 3.05) is 7.11 Å². The van der Waals surface area contributed by atoms with Crippen LogP contribution in [0.1, 0.15) is 24.5 Å². The van der Waals surface area contributed by atoms with Gasteiger partial charge in [0.2, 0.25) is 5.91 Å². The first kappa shape index (κ1) is 18.1. The molecule has 136 valence electrons. The predicted molar refractivity (Wildman–Crippen MR) is 101 cm³/mol. The van der Waals surface area contributed by atoms with Crippen molar-refractivity contribution in [1.82, 2.24) is 10.3 Å². The van der Waals surface area contributed by atoms with Gasteiger partial charge in [-0.1, -0.05) is 13.0 Å². The summed E-state index contributed by atoms with van der Waals surface area (Å²) in [5, 5.41) is 4.01. The molecular weight excluding hydrogens is 331 g/mol. The van der Waals surface area contributed by atoms with E-state index in [1.807, 2.05) is 26.0 Å². The molecule has 3 aromatic rings. The third kappa shape index (κ3) is 3.63. The van der Waals surface area contributed by atoms with Crippen molar-refractivity contribution in [2.45, 2.75) is 32.9 Å². The van der Waals surface area contributed by atoms with Gasteiger partial charge in [-0.25, -0.2) is 4.39 Å². The molecular formula is C21H23FN2O2. The van der Waals surface area contributed by atoms with Crippen LogP contribution in [0.3, 0.4) is 0 Å². The maximum atomic E-state index is 13.2. The summed E-state index contributed by atoms with van der Waals surface area (Å²) in [4.78, 5) is 15.5. The standard InChI is InChI=1S/C21H23FN2O2/c1-4-19(26-3)21(25)23-12-14-5-10-18-17(11-14)13(2)20(24-18)15-6-8-16(22)9-7-15/h5-11,19,24H,4,12H2,1-3H3,(H,23,25)/t19-/m1/s1. The van der Waals surface area contributed by atoms with Crippen LogP contribution >= 0.6 is 0 Å². The molecule has 0 saturated heterocycles. The van der Waals surface area contributed by atoms with Gasteiger partial charge < -0.3 is 15.0 Å². The number of nitrogens with one attached hydrogen (secondary N) is 2. The molecule has 1 heterocycles. The Labute approximate surface area is 152 Å². The van der Waals surface area contributed by atoms with Crippen molar-refractivity contribution < 1.29 is 13.9 Å². The molecule has 0 saturated carbocycles. The van der Waals surface area contributed by atoms with E-state index in [2.05, 4.69) is 16.4 Å². The summed E-state index contributed by atoms with van der Waals surface area (Å²) in [7, 11) is 1.54. The largest absolute Gasteiger partial charge is 0.372 e. The van der Waals surface area contributed by atoms with Crippen LogP contribution in [0.25, 0.3) is 22.2 Å². The molecule has 0 aliphatic carbocycles. The quantitative estimate of drug-likeness (QED) is 0.692. The normalized spacial score (nSPS) is 12.3. The number of aryl methyl sites for hydroxylation is 1. The first-order valence-corrected chi connectivity index (χ1v) is 8.71. The lowest BCUT2D eigenvalue weighted by Gasteiger charge is -2.13. The van der Waals surface area contributed by atoms with Crippen molar-refractivity contribution in [3.63, 3.8) is 0 Å². The summed E-state index contributed by atoms with van der Waals surface area (Å²) < 4.78 is 18.3. The van der Waals surface area contributed by atoms with Crippen LogP contribution in [0, 0.1) is 12.7 Å². The van der Waals surface area contributed by atoms with Gasteiger partial charge in [0.15, 0.2) is 0 Å². The van der Waals surface area contributed by atoms with Crippen LogP contribution in [-0.2, 0) is 16.1 Å². The first-order chi connectivity index (χ1) is 12.5. The summed E-state index contributed by atoms with van der Waals surface area (Å²) in [6.07, 6.45) is 0.220. The Morgan fingerprint density at radius 2 is 1.96 bits per heavy atom. The number of ether oxygens (including phenoxy) is 1. The van der Waals surface area contributed by atoms with E-state index in [0.717, 1.165) is 33.3 Å². The number of fused-ring (bicyclic) bond motifs is 1. The van der Waals surface area contributed by atoms with Gasteiger partial charge >= 0.3 is 0 Å². The van der Waals surface area contributed by atoms with Crippen molar-refractivity contribution in [1.29, 1.82) is 0 Å². The molecule has 1 amide bonds. The second-order valence-corrected chi connectivity index (χ2v) is 6.36. The van der Waals surface area contributed by atoms with E-state index in [1.54, 1.807) is 19.2 Å². The number of hydrogen-bond acceptors (Lipinski definition) is 2. The molecule has 2 aromatic carbocycles. The average molecular weight is 354 g/mol. The van der Waals surface area contributed by atoms with Gasteiger partial charge in [-0.15, -0.1) is 0 Å². The first-order valence-electron chi connectivity index (χ1n) is 8.71. The Bertz CT molecular complexity index is 912. The Morgan fingerprint density at radius 1 is 1.23 bits per heavy atom. The maximum absolute atomic E-state index is 13.2. The molecule has 1 aromatic heterocycles. The second kappa shape index (κ2) is 7.70. The minimum atomic E-state index is -0.419. The third-order valence-electron chi connectivity index (χ3n) is 4.67. The smallest absolute Gasteiger partial charge is 0.249 e. The van der Waals surface area contributed by atoms with E-state index in [4.69, 9.17) is 4.74 Å². The van der Waals surface area contributed by atoms with E-state index >= 15 is 0 Å². The molecule has 0 radical (unpaired) electrons. The summed E-state index contributed by atoms with van der Waals surface area (Å²) in [6.45, 7) is 4.41. The number of carbonyl (C=O) groups is 1. The Kier molecular flexibility index (Phi) is 5.38. The van der Waals surface area contributed by atoms with Gasteiger partial charge in [0, 0.05) is 30.3 Å². The Morgan fingerprint density at radius 3 is 2.62 bits per heavy atom. The van der Waals surface area contributed by atoms with Crippen molar-refractivity contribution >= 4 is 16.8 Å². The number of halogens is 1. The molecule has 4 nitrogen and oxygen atoms in total. The summed E-state index contributed by atoms with van der Waals surface area (Å²) >= 11 is 0. The number of rotatable bonds is 6. The summed E-state index contributed by atoms with van der Waals surface area (Å²) in [5.41, 5.74) is 5.06. The van der Waals surface area contributed by atoms with Gasteiger partial charge in [0.1, 0.15) is 11.9 Å². The van der Waals surface area contributed by atoms with Crippen LogP contribution in [0.15, 0.2) is 42.5 Å². The number of hydrogen-bond donors (Lipinski definition) is 2. The van der Waals surface area contributed by atoms with Crippen molar-refractivity contribution in [2.24, 2.45) is 0 Å². The number of aromatic nitrogens is 1. The zero-order valence-electron chi connectivity index (χ0n) is 15.2. The van der Waals surface area contributed by atoms with Crippen molar-refractivity contribution in [3.8, 4) is 11.3 Å². The highest BCUT2D eigenvalue weighted by Gasteiger charge is 2.15. The highest BCUT2D eigenvalue weighted by atomic mass is 19.1. The van der Waals surface area contributed by atoms with Gasteiger partial charge in [-0.3, -0.25) is 4.79 Å². The molecule has 0 aliphatic rings. The lowest BCUT2D eigenvalue weighted by atomic mass is 10.0. The van der Waals surface area contributed by atoms with Gasteiger partial charge in [-0.05, 0) is 66.4 Å². The second-order valence-electron chi connectivity index (χ2n) is 6.36. The van der Waals surface area contributed by atoms with E-state index in [1.165, 1.54) is 12.1 Å². The highest BCUT2D eigenvalue weighted by Crippen LogP contribution is 2.30. The van der Waals surface area contributed by atoms with Crippen LogP contribution < -0.4 is 5.32 Å². The zero-order valence-corrected chi connectivity index (χ0v) is 15.2. The molecule has 0 fully saturated rings. The SMILES string of the molecule is CC[C@@H](OC)C(=O)NCc1ccc2[nH]c(-c3ccc(F)cc3)c(C)c2c1. The highest BCUT2D eigenvalue weighted by molar-refractivity contribution is 5.91. The van der Waals surface area contributed by atoms with E-state index in [9.17, 15) is 9.18 Å². The third-order valence-corrected chi connectivity index (χ3v) is 4.67. The molecule has 0 aliphatic heterocycles. The topological polar surface area (TPSA) is 54.1 Å². The fourth-order valence-electron chi connectivity index (χ4n) is 3.15. The minimum absolute atomic E-state index is 0.104. The maximum Gasteiger partial charge on any atom is 0.249 e. The fourth-order valence-corrected chi connectivity index (χ4v) is 3.15. The number of carbonyl (C=O) groups excluding carboxylic acids is 1. The number of benzene rings is 2. The molecule has 0 spiro atoms. The number of methoxy groups -OCH3 is 1. The zero-order chi connectivity index (χ0) is 18.7. The van der Waals surface area contributed by atoms with Crippen LogP contribution in [-0.4, -0.2) is 24.1 Å². The number of amides is 1. The minimum Gasteiger partial charge on any atom is -0.372 e. The predicted octanol–water partition coefficient (Wildman–Crippen LogP) is 4.32. The fraction of sp³-hybridized carbons (Fsp3) is 0.286. The molecule has 0 unspecified atom stereocenters. The molecule has 1 atom stereocenters. The van der Waals surface area contributed by atoms with Crippen LogP contribution in [0.2, 0.25) is 0 Å². The molecule has 3 rings (SSSR count). The Balaban J connectivity index is 1.84. The summed E-state index contributed by atoms with van der Waals surface area (Å²) in [5.74, 6) is -0.352. The molecule has 0 bridgehead atoms. The van der Waals surface area contributed by atoms with E-state index in [0.29, 0.717) is 13.0 Å². The number of H-pyrrole nitrogens is 1. The lowest BCUT2D eigenvalue weighted by Crippen LogP contribution is -2.34. The van der Waals surface area contributed by atoms with Gasteiger partial charge in [0.25, 0.3) is 0 Å². The van der Waals surface area contributed by atoms with Gasteiger partial charge in [0.05, 0.1) is 0 Å². The Hall–Kier alpha value is -2.66. The molecule has 2 N–H and O–H groups in total. The van der Waals surface area contributed by atoms with Crippen LogP contribution in [0.4, 0.5) is 4.39 Å². The average Bonchev–Trinajstić information content (AvgIpc) is 2.98. The monoisotopic (exact) mass is 354 g/mol. The molecule has 26 heavy (non-hydrogen) atoms. The van der Waals surface area contributed by atoms with Gasteiger partial charge in [-0.2, -0.15) is 0 Å².